The molecule has 6 nitrogen and oxygen atoms in total. The SMILES string of the molecule is COc1cccc(/C=C2\Oc3ccccc3N(CC(=O)N[C@@H](C)CCc3ccccc3)C2=O)c1. The number of carbonyl (C=O) groups excluding carboxylic acids is 2. The molecule has 0 radical (unpaired) electrons. The van der Waals surface area contributed by atoms with Gasteiger partial charge in [-0.2, -0.15) is 0 Å². The van der Waals surface area contributed by atoms with Crippen LogP contribution < -0.4 is 19.7 Å². The van der Waals surface area contributed by atoms with E-state index in [1.54, 1.807) is 25.3 Å². The summed E-state index contributed by atoms with van der Waals surface area (Å²) in [5, 5.41) is 3.02. The lowest BCUT2D eigenvalue weighted by atomic mass is 10.1. The van der Waals surface area contributed by atoms with Gasteiger partial charge in [-0.1, -0.05) is 54.6 Å². The van der Waals surface area contributed by atoms with Crippen LogP contribution in [0.5, 0.6) is 11.5 Å². The first-order valence-electron chi connectivity index (χ1n) is 11.3. The maximum absolute atomic E-state index is 13.3. The Bertz CT molecular complexity index is 1190. The fourth-order valence-electron chi connectivity index (χ4n) is 3.87. The molecule has 4 rings (SSSR count). The second-order valence-electron chi connectivity index (χ2n) is 8.24. The lowest BCUT2D eigenvalue weighted by Gasteiger charge is -2.30. The van der Waals surface area contributed by atoms with E-state index in [1.807, 2.05) is 61.5 Å². The van der Waals surface area contributed by atoms with Gasteiger partial charge in [-0.25, -0.2) is 0 Å². The lowest BCUT2D eigenvalue weighted by molar-refractivity contribution is -0.123. The number of hydrogen-bond donors (Lipinski definition) is 1. The molecule has 0 spiro atoms. The van der Waals surface area contributed by atoms with Crippen LogP contribution in [-0.2, 0) is 16.0 Å². The highest BCUT2D eigenvalue weighted by molar-refractivity contribution is 6.12. The third-order valence-electron chi connectivity index (χ3n) is 5.64. The van der Waals surface area contributed by atoms with E-state index < -0.39 is 0 Å². The van der Waals surface area contributed by atoms with Crippen LogP contribution in [0.3, 0.4) is 0 Å². The number of fused-ring (bicyclic) bond motifs is 1. The maximum atomic E-state index is 13.3. The molecule has 0 bridgehead atoms. The van der Waals surface area contributed by atoms with Crippen molar-refractivity contribution in [3.05, 3.63) is 95.7 Å². The molecule has 1 aliphatic rings. The molecule has 3 aromatic rings. The van der Waals surface area contributed by atoms with Crippen molar-refractivity contribution in [2.24, 2.45) is 0 Å². The first-order chi connectivity index (χ1) is 16.5. The summed E-state index contributed by atoms with van der Waals surface area (Å²) in [6, 6.07) is 24.7. The van der Waals surface area contributed by atoms with Crippen molar-refractivity contribution in [1.29, 1.82) is 0 Å². The predicted octanol–water partition coefficient (Wildman–Crippen LogP) is 4.60. The number of rotatable bonds is 8. The van der Waals surface area contributed by atoms with Crippen LogP contribution in [-0.4, -0.2) is 31.5 Å². The molecule has 1 aliphatic heterocycles. The van der Waals surface area contributed by atoms with Crippen LogP contribution in [0.25, 0.3) is 6.08 Å². The quantitative estimate of drug-likeness (QED) is 0.503. The van der Waals surface area contributed by atoms with Crippen LogP contribution >= 0.6 is 0 Å². The summed E-state index contributed by atoms with van der Waals surface area (Å²) in [5.41, 5.74) is 2.57. The number of methoxy groups -OCH3 is 1. The second kappa shape index (κ2) is 10.7. The van der Waals surface area contributed by atoms with Crippen LogP contribution in [0.1, 0.15) is 24.5 Å². The number of ether oxygens (including phenoxy) is 2. The Morgan fingerprint density at radius 2 is 1.82 bits per heavy atom. The highest BCUT2D eigenvalue weighted by atomic mass is 16.5. The van der Waals surface area contributed by atoms with E-state index in [-0.39, 0.29) is 30.2 Å². The van der Waals surface area contributed by atoms with E-state index >= 15 is 0 Å². The van der Waals surface area contributed by atoms with Gasteiger partial charge < -0.3 is 14.8 Å². The number of nitrogens with one attached hydrogen (secondary N) is 1. The van der Waals surface area contributed by atoms with E-state index in [9.17, 15) is 9.59 Å². The minimum Gasteiger partial charge on any atom is -0.497 e. The number of aryl methyl sites for hydroxylation is 1. The van der Waals surface area contributed by atoms with Crippen molar-refractivity contribution in [3.63, 3.8) is 0 Å². The molecule has 0 saturated carbocycles. The number of carbonyl (C=O) groups is 2. The minimum atomic E-state index is -0.367. The van der Waals surface area contributed by atoms with Crippen LogP contribution in [0.15, 0.2) is 84.6 Å². The summed E-state index contributed by atoms with van der Waals surface area (Å²) >= 11 is 0. The highest BCUT2D eigenvalue weighted by Crippen LogP contribution is 2.35. The minimum absolute atomic E-state index is 0.0223. The average Bonchev–Trinajstić information content (AvgIpc) is 2.86. The summed E-state index contributed by atoms with van der Waals surface area (Å²) in [4.78, 5) is 27.6. The molecule has 1 heterocycles. The van der Waals surface area contributed by atoms with Gasteiger partial charge in [0, 0.05) is 6.04 Å². The maximum Gasteiger partial charge on any atom is 0.294 e. The molecular weight excluding hydrogens is 428 g/mol. The number of para-hydroxylation sites is 2. The highest BCUT2D eigenvalue weighted by Gasteiger charge is 2.31. The topological polar surface area (TPSA) is 67.9 Å². The Balaban J connectivity index is 1.47. The smallest absolute Gasteiger partial charge is 0.294 e. The van der Waals surface area contributed by atoms with E-state index in [4.69, 9.17) is 9.47 Å². The van der Waals surface area contributed by atoms with E-state index in [2.05, 4.69) is 17.4 Å². The van der Waals surface area contributed by atoms with Crippen molar-refractivity contribution >= 4 is 23.6 Å². The molecule has 2 amide bonds. The lowest BCUT2D eigenvalue weighted by Crippen LogP contribution is -2.46. The van der Waals surface area contributed by atoms with Crippen molar-refractivity contribution < 1.29 is 19.1 Å². The van der Waals surface area contributed by atoms with Gasteiger partial charge in [0.15, 0.2) is 11.5 Å². The fraction of sp³-hybridized carbons (Fsp3) is 0.214. The number of amides is 2. The normalized spacial score (nSPS) is 14.8. The van der Waals surface area contributed by atoms with Crippen molar-refractivity contribution in [2.75, 3.05) is 18.6 Å². The monoisotopic (exact) mass is 456 g/mol. The van der Waals surface area contributed by atoms with Gasteiger partial charge in [-0.05, 0) is 61.2 Å². The summed E-state index contributed by atoms with van der Waals surface area (Å²) in [6.45, 7) is 1.88. The largest absolute Gasteiger partial charge is 0.497 e. The second-order valence-corrected chi connectivity index (χ2v) is 8.24. The van der Waals surface area contributed by atoms with Crippen molar-refractivity contribution in [3.8, 4) is 11.5 Å². The Labute approximate surface area is 199 Å². The van der Waals surface area contributed by atoms with E-state index in [0.717, 1.165) is 18.4 Å². The first-order valence-corrected chi connectivity index (χ1v) is 11.3. The standard InChI is InChI=1S/C28H28N2O4/c1-20(15-16-21-9-4-3-5-10-21)29-27(31)19-30-24-13-6-7-14-25(24)34-26(28(30)32)18-22-11-8-12-23(17-22)33-2/h3-14,17-18,20H,15-16,19H2,1-2H3,(H,29,31)/b26-18-/t20-/m0/s1. The molecule has 174 valence electrons. The molecule has 0 aliphatic carbocycles. The van der Waals surface area contributed by atoms with Crippen LogP contribution in [0.4, 0.5) is 5.69 Å². The predicted molar refractivity (Wildman–Crippen MR) is 133 cm³/mol. The summed E-state index contributed by atoms with van der Waals surface area (Å²) in [6.07, 6.45) is 3.34. The number of benzene rings is 3. The first kappa shape index (κ1) is 23.1. The van der Waals surface area contributed by atoms with E-state index in [0.29, 0.717) is 17.2 Å². The zero-order valence-electron chi connectivity index (χ0n) is 19.4. The van der Waals surface area contributed by atoms with Gasteiger partial charge in [0.2, 0.25) is 5.91 Å². The molecular formula is C28H28N2O4. The molecule has 0 saturated heterocycles. The molecule has 0 unspecified atom stereocenters. The van der Waals surface area contributed by atoms with Gasteiger partial charge in [-0.3, -0.25) is 14.5 Å². The van der Waals surface area contributed by atoms with Crippen molar-refractivity contribution in [2.45, 2.75) is 25.8 Å². The van der Waals surface area contributed by atoms with Gasteiger partial charge in [-0.15, -0.1) is 0 Å². The molecule has 0 fully saturated rings. The Hall–Kier alpha value is -4.06. The van der Waals surface area contributed by atoms with Gasteiger partial charge in [0.1, 0.15) is 12.3 Å². The van der Waals surface area contributed by atoms with Gasteiger partial charge >= 0.3 is 0 Å². The fourth-order valence-corrected chi connectivity index (χ4v) is 3.87. The number of nitrogens with zero attached hydrogens (tertiary/aromatic N) is 1. The van der Waals surface area contributed by atoms with E-state index in [1.165, 1.54) is 10.5 Å². The molecule has 34 heavy (non-hydrogen) atoms. The molecule has 3 aromatic carbocycles. The van der Waals surface area contributed by atoms with Crippen LogP contribution in [0, 0.1) is 0 Å². The molecule has 6 heteroatoms. The number of anilines is 1. The summed E-state index contributed by atoms with van der Waals surface area (Å²) < 4.78 is 11.2. The zero-order chi connectivity index (χ0) is 23.9. The summed E-state index contributed by atoms with van der Waals surface area (Å²) in [5.74, 6) is 0.775. The average molecular weight is 457 g/mol. The Kier molecular flexibility index (Phi) is 7.28. The Morgan fingerprint density at radius 1 is 1.06 bits per heavy atom. The molecule has 0 aromatic heterocycles. The van der Waals surface area contributed by atoms with Crippen molar-refractivity contribution in [1.82, 2.24) is 5.32 Å². The zero-order valence-corrected chi connectivity index (χ0v) is 19.4. The van der Waals surface area contributed by atoms with Gasteiger partial charge in [0.25, 0.3) is 5.91 Å². The summed E-state index contributed by atoms with van der Waals surface area (Å²) in [7, 11) is 1.59. The molecule has 1 atom stereocenters. The number of hydrogen-bond acceptors (Lipinski definition) is 4. The molecule has 1 N–H and O–H groups in total. The Morgan fingerprint density at radius 3 is 2.62 bits per heavy atom. The third-order valence-corrected chi connectivity index (χ3v) is 5.64. The van der Waals surface area contributed by atoms with Crippen LogP contribution in [0.2, 0.25) is 0 Å². The third kappa shape index (κ3) is 5.64. The van der Waals surface area contributed by atoms with Gasteiger partial charge in [0.05, 0.1) is 12.8 Å².